The van der Waals surface area contributed by atoms with Gasteiger partial charge in [-0.15, -0.1) is 0 Å². The van der Waals surface area contributed by atoms with Gasteiger partial charge in [-0.3, -0.25) is 4.79 Å². The Bertz CT molecular complexity index is 330. The van der Waals surface area contributed by atoms with Gasteiger partial charge in [-0.05, 0) is 13.0 Å². The van der Waals surface area contributed by atoms with E-state index in [1.165, 1.54) is 0 Å². The molecule has 0 aliphatic rings. The van der Waals surface area contributed by atoms with Gasteiger partial charge in [0.25, 0.3) is 5.56 Å². The summed E-state index contributed by atoms with van der Waals surface area (Å²) in [6, 6.07) is 0. The molecular weight excluding hydrogens is 166 g/mol. The number of hydrogen-bond donors (Lipinski definition) is 2. The van der Waals surface area contributed by atoms with Crippen LogP contribution in [0.3, 0.4) is 0 Å². The lowest BCUT2D eigenvalue weighted by Crippen LogP contribution is -2.20. The van der Waals surface area contributed by atoms with Gasteiger partial charge in [0, 0.05) is 11.8 Å². The SMILES string of the molecule is CNCc1ncc(C(C)C)c(=O)[nH]1. The molecule has 0 aliphatic carbocycles. The van der Waals surface area contributed by atoms with Crippen molar-refractivity contribution in [3.8, 4) is 0 Å². The molecule has 0 unspecified atom stereocenters. The van der Waals surface area contributed by atoms with Gasteiger partial charge in [-0.25, -0.2) is 4.98 Å². The van der Waals surface area contributed by atoms with Crippen LogP contribution in [0.25, 0.3) is 0 Å². The topological polar surface area (TPSA) is 57.8 Å². The van der Waals surface area contributed by atoms with Crippen molar-refractivity contribution in [1.82, 2.24) is 15.3 Å². The third-order valence-electron chi connectivity index (χ3n) is 1.85. The maximum absolute atomic E-state index is 11.4. The highest BCUT2D eigenvalue weighted by Gasteiger charge is 2.05. The fourth-order valence-electron chi connectivity index (χ4n) is 1.11. The molecule has 0 fully saturated rings. The van der Waals surface area contributed by atoms with Crippen molar-refractivity contribution in [2.24, 2.45) is 0 Å². The maximum Gasteiger partial charge on any atom is 0.254 e. The monoisotopic (exact) mass is 181 g/mol. The van der Waals surface area contributed by atoms with E-state index in [0.29, 0.717) is 12.4 Å². The van der Waals surface area contributed by atoms with Crippen LogP contribution in [0.5, 0.6) is 0 Å². The third-order valence-corrected chi connectivity index (χ3v) is 1.85. The number of hydrogen-bond acceptors (Lipinski definition) is 3. The molecule has 0 atom stereocenters. The van der Waals surface area contributed by atoms with Crippen LogP contribution in [-0.4, -0.2) is 17.0 Å². The molecule has 4 nitrogen and oxygen atoms in total. The van der Waals surface area contributed by atoms with E-state index in [1.807, 2.05) is 20.9 Å². The molecule has 0 spiro atoms. The Morgan fingerprint density at radius 1 is 1.62 bits per heavy atom. The first-order valence-corrected chi connectivity index (χ1v) is 4.38. The second kappa shape index (κ2) is 4.18. The number of aromatic amines is 1. The van der Waals surface area contributed by atoms with Gasteiger partial charge >= 0.3 is 0 Å². The smallest absolute Gasteiger partial charge is 0.254 e. The van der Waals surface area contributed by atoms with Crippen molar-refractivity contribution in [2.45, 2.75) is 26.3 Å². The molecule has 1 aromatic rings. The second-order valence-corrected chi connectivity index (χ2v) is 3.30. The Morgan fingerprint density at radius 3 is 2.77 bits per heavy atom. The van der Waals surface area contributed by atoms with Crippen molar-refractivity contribution >= 4 is 0 Å². The lowest BCUT2D eigenvalue weighted by Gasteiger charge is -2.04. The Morgan fingerprint density at radius 2 is 2.31 bits per heavy atom. The van der Waals surface area contributed by atoms with Crippen LogP contribution < -0.4 is 10.9 Å². The van der Waals surface area contributed by atoms with Crippen molar-refractivity contribution in [3.05, 3.63) is 27.9 Å². The summed E-state index contributed by atoms with van der Waals surface area (Å²) in [5.74, 6) is 0.900. The number of rotatable bonds is 3. The van der Waals surface area contributed by atoms with Gasteiger partial charge in [-0.1, -0.05) is 13.8 Å². The van der Waals surface area contributed by atoms with Crippen LogP contribution in [0.2, 0.25) is 0 Å². The lowest BCUT2D eigenvalue weighted by molar-refractivity contribution is 0.735. The molecule has 0 aromatic carbocycles. The summed E-state index contributed by atoms with van der Waals surface area (Å²) in [5.41, 5.74) is 0.704. The van der Waals surface area contributed by atoms with Crippen LogP contribution >= 0.6 is 0 Å². The standard InChI is InChI=1S/C9H15N3O/c1-6(2)7-4-11-8(5-10-3)12-9(7)13/h4,6,10H,5H2,1-3H3,(H,11,12,13). The second-order valence-electron chi connectivity index (χ2n) is 3.30. The summed E-state index contributed by atoms with van der Waals surface area (Å²) in [6.45, 7) is 4.54. The third kappa shape index (κ3) is 2.39. The van der Waals surface area contributed by atoms with E-state index in [2.05, 4.69) is 15.3 Å². The maximum atomic E-state index is 11.4. The molecule has 1 rings (SSSR count). The predicted octanol–water partition coefficient (Wildman–Crippen LogP) is 0.613. The highest BCUT2D eigenvalue weighted by atomic mass is 16.1. The molecule has 2 N–H and O–H groups in total. The first kappa shape index (κ1) is 9.92. The van der Waals surface area contributed by atoms with Crippen molar-refractivity contribution in [1.29, 1.82) is 0 Å². The molecule has 1 heterocycles. The van der Waals surface area contributed by atoms with Crippen molar-refractivity contribution < 1.29 is 0 Å². The van der Waals surface area contributed by atoms with Crippen LogP contribution in [0.1, 0.15) is 31.2 Å². The minimum absolute atomic E-state index is 0.0322. The molecular formula is C9H15N3O. The fraction of sp³-hybridized carbons (Fsp3) is 0.556. The van der Waals surface area contributed by atoms with Gasteiger partial charge in [0.05, 0.1) is 6.54 Å². The molecule has 0 saturated carbocycles. The van der Waals surface area contributed by atoms with E-state index in [0.717, 1.165) is 5.56 Å². The highest BCUT2D eigenvalue weighted by molar-refractivity contribution is 5.10. The summed E-state index contributed by atoms with van der Waals surface area (Å²) in [5, 5.41) is 2.93. The van der Waals surface area contributed by atoms with Gasteiger partial charge in [0.15, 0.2) is 0 Å². The summed E-state index contributed by atoms with van der Waals surface area (Å²) in [7, 11) is 1.82. The lowest BCUT2D eigenvalue weighted by atomic mass is 10.1. The van der Waals surface area contributed by atoms with Gasteiger partial charge in [0.1, 0.15) is 5.82 Å². The van der Waals surface area contributed by atoms with Crippen LogP contribution in [0.15, 0.2) is 11.0 Å². The first-order chi connectivity index (χ1) is 6.15. The summed E-state index contributed by atoms with van der Waals surface area (Å²) in [4.78, 5) is 18.3. The number of aromatic nitrogens is 2. The van der Waals surface area contributed by atoms with Crippen LogP contribution in [0, 0.1) is 0 Å². The van der Waals surface area contributed by atoms with Crippen molar-refractivity contribution in [3.63, 3.8) is 0 Å². The zero-order chi connectivity index (χ0) is 9.84. The van der Waals surface area contributed by atoms with Crippen molar-refractivity contribution in [2.75, 3.05) is 7.05 Å². The molecule has 0 aliphatic heterocycles. The van der Waals surface area contributed by atoms with Gasteiger partial charge in [-0.2, -0.15) is 0 Å². The largest absolute Gasteiger partial charge is 0.313 e. The molecule has 13 heavy (non-hydrogen) atoms. The minimum Gasteiger partial charge on any atom is -0.313 e. The Balaban J connectivity index is 2.99. The number of nitrogens with zero attached hydrogens (tertiary/aromatic N) is 1. The molecule has 0 saturated heterocycles. The Labute approximate surface area is 77.4 Å². The predicted molar refractivity (Wildman–Crippen MR) is 51.7 cm³/mol. The molecule has 0 bridgehead atoms. The van der Waals surface area contributed by atoms with E-state index < -0.39 is 0 Å². The van der Waals surface area contributed by atoms with E-state index in [1.54, 1.807) is 6.20 Å². The zero-order valence-corrected chi connectivity index (χ0v) is 8.22. The van der Waals surface area contributed by atoms with E-state index in [4.69, 9.17) is 0 Å². The summed E-state index contributed by atoms with van der Waals surface area (Å²) in [6.07, 6.45) is 1.65. The van der Waals surface area contributed by atoms with Crippen LogP contribution in [0.4, 0.5) is 0 Å². The highest BCUT2D eigenvalue weighted by Crippen LogP contribution is 2.06. The first-order valence-electron chi connectivity index (χ1n) is 4.38. The summed E-state index contributed by atoms with van der Waals surface area (Å²) < 4.78 is 0. The average Bonchev–Trinajstić information content (AvgIpc) is 2.04. The van der Waals surface area contributed by atoms with E-state index >= 15 is 0 Å². The molecule has 72 valence electrons. The molecule has 4 heteroatoms. The quantitative estimate of drug-likeness (QED) is 0.718. The van der Waals surface area contributed by atoms with E-state index in [9.17, 15) is 4.79 Å². The fourth-order valence-corrected chi connectivity index (χ4v) is 1.11. The normalized spacial score (nSPS) is 10.8. The Kier molecular flexibility index (Phi) is 3.19. The minimum atomic E-state index is -0.0322. The summed E-state index contributed by atoms with van der Waals surface area (Å²) >= 11 is 0. The molecule has 0 amide bonds. The van der Waals surface area contributed by atoms with Gasteiger partial charge < -0.3 is 10.3 Å². The molecule has 1 aromatic heterocycles. The number of nitrogens with one attached hydrogen (secondary N) is 2. The van der Waals surface area contributed by atoms with E-state index in [-0.39, 0.29) is 11.5 Å². The number of H-pyrrole nitrogens is 1. The zero-order valence-electron chi connectivity index (χ0n) is 8.22. The molecule has 0 radical (unpaired) electrons. The van der Waals surface area contributed by atoms with Crippen LogP contribution in [-0.2, 0) is 6.54 Å². The Hall–Kier alpha value is -1.16. The average molecular weight is 181 g/mol. The van der Waals surface area contributed by atoms with Gasteiger partial charge in [0.2, 0.25) is 0 Å².